The summed E-state index contributed by atoms with van der Waals surface area (Å²) in [6.07, 6.45) is 0. The highest BCUT2D eigenvalue weighted by atomic mass is 32.2. The number of hydrogen-bond acceptors (Lipinski definition) is 6. The maximum absolute atomic E-state index is 11.6. The number of Topliss-reactive ketones (excluding diaryl/α,β-unsaturated/α-hetero) is 1. The van der Waals surface area contributed by atoms with Crippen molar-refractivity contribution in [2.24, 2.45) is 0 Å². The van der Waals surface area contributed by atoms with Crippen molar-refractivity contribution in [2.45, 2.75) is 38.1 Å². The third-order valence-corrected chi connectivity index (χ3v) is 3.65. The lowest BCUT2D eigenvalue weighted by Gasteiger charge is -2.11. The zero-order valence-corrected chi connectivity index (χ0v) is 12.1. The number of rotatable bonds is 5. The molecule has 0 bridgehead atoms. The molecule has 1 atom stereocenters. The molecule has 0 spiro atoms. The summed E-state index contributed by atoms with van der Waals surface area (Å²) in [6, 6.07) is 0. The first-order chi connectivity index (χ1) is 8.86. The maximum Gasteiger partial charge on any atom is 0.327 e. The van der Waals surface area contributed by atoms with E-state index in [1.165, 1.54) is 6.92 Å². The van der Waals surface area contributed by atoms with Gasteiger partial charge in [0.05, 0.1) is 6.61 Å². The first-order valence-electron chi connectivity index (χ1n) is 5.78. The second kappa shape index (κ2) is 6.51. The standard InChI is InChI=1S/C12H16N2O4S/c1-5-18-11(17)9(8(4)15)19-12-13-7(3)6(2)10(16)14-12/h9H,5H2,1-4H3,(H,13,14,16)/t9-/m1/s1. The Kier molecular flexibility index (Phi) is 5.29. The summed E-state index contributed by atoms with van der Waals surface area (Å²) in [5.74, 6) is -0.967. The molecule has 0 saturated heterocycles. The van der Waals surface area contributed by atoms with Crippen LogP contribution in [-0.4, -0.2) is 33.6 Å². The molecular formula is C12H16N2O4S. The molecule has 0 aliphatic heterocycles. The van der Waals surface area contributed by atoms with Gasteiger partial charge in [-0.25, -0.2) is 4.98 Å². The predicted molar refractivity (Wildman–Crippen MR) is 71.3 cm³/mol. The van der Waals surface area contributed by atoms with Crippen molar-refractivity contribution in [3.63, 3.8) is 0 Å². The summed E-state index contributed by atoms with van der Waals surface area (Å²) in [7, 11) is 0. The van der Waals surface area contributed by atoms with Crippen LogP contribution in [0.2, 0.25) is 0 Å². The SMILES string of the molecule is CCOC(=O)[C@H](Sc1nc(C)c(C)c(=O)[nH]1)C(C)=O. The van der Waals surface area contributed by atoms with Gasteiger partial charge in [0.25, 0.3) is 5.56 Å². The Morgan fingerprint density at radius 3 is 2.53 bits per heavy atom. The smallest absolute Gasteiger partial charge is 0.327 e. The van der Waals surface area contributed by atoms with Gasteiger partial charge in [0.2, 0.25) is 0 Å². The number of aromatic nitrogens is 2. The lowest BCUT2D eigenvalue weighted by atomic mass is 10.3. The molecule has 1 aromatic rings. The number of nitrogens with zero attached hydrogens (tertiary/aromatic N) is 1. The van der Waals surface area contributed by atoms with Gasteiger partial charge in [0.1, 0.15) is 0 Å². The zero-order chi connectivity index (χ0) is 14.6. The number of thioether (sulfide) groups is 1. The van der Waals surface area contributed by atoms with Gasteiger partial charge in [-0.2, -0.15) is 0 Å². The van der Waals surface area contributed by atoms with E-state index in [1.54, 1.807) is 20.8 Å². The van der Waals surface area contributed by atoms with Gasteiger partial charge in [0.15, 0.2) is 16.2 Å². The van der Waals surface area contributed by atoms with E-state index in [0.29, 0.717) is 11.3 Å². The third kappa shape index (κ3) is 3.92. The van der Waals surface area contributed by atoms with Gasteiger partial charge < -0.3 is 9.72 Å². The Hall–Kier alpha value is -1.63. The van der Waals surface area contributed by atoms with E-state index in [2.05, 4.69) is 9.97 Å². The zero-order valence-electron chi connectivity index (χ0n) is 11.3. The lowest BCUT2D eigenvalue weighted by molar-refractivity contribution is -0.144. The molecule has 0 amide bonds. The second-order valence-corrected chi connectivity index (χ2v) is 5.04. The van der Waals surface area contributed by atoms with Gasteiger partial charge in [-0.15, -0.1) is 0 Å². The number of carbonyl (C=O) groups is 2. The normalized spacial score (nSPS) is 12.0. The predicted octanol–water partition coefficient (Wildman–Crippen LogP) is 1.000. The minimum absolute atomic E-state index is 0.194. The highest BCUT2D eigenvalue weighted by Crippen LogP contribution is 2.21. The number of aryl methyl sites for hydroxylation is 1. The lowest BCUT2D eigenvalue weighted by Crippen LogP contribution is -2.28. The van der Waals surface area contributed by atoms with Crippen LogP contribution in [0.15, 0.2) is 9.95 Å². The van der Waals surface area contributed by atoms with E-state index in [-0.39, 0.29) is 23.1 Å². The monoisotopic (exact) mass is 284 g/mol. The summed E-state index contributed by atoms with van der Waals surface area (Å²) in [4.78, 5) is 41.4. The Labute approximate surface area is 115 Å². The summed E-state index contributed by atoms with van der Waals surface area (Å²) in [6.45, 7) is 6.51. The van der Waals surface area contributed by atoms with Crippen LogP contribution in [0, 0.1) is 13.8 Å². The molecule has 1 rings (SSSR count). The largest absolute Gasteiger partial charge is 0.465 e. The fourth-order valence-electron chi connectivity index (χ4n) is 1.30. The second-order valence-electron chi connectivity index (χ2n) is 3.94. The number of hydrogen-bond donors (Lipinski definition) is 1. The van der Waals surface area contributed by atoms with Crippen LogP contribution in [-0.2, 0) is 14.3 Å². The van der Waals surface area contributed by atoms with Crippen molar-refractivity contribution >= 4 is 23.5 Å². The minimum Gasteiger partial charge on any atom is -0.465 e. The third-order valence-electron chi connectivity index (χ3n) is 2.47. The van der Waals surface area contributed by atoms with E-state index in [1.807, 2.05) is 0 Å². The number of ketones is 1. The molecule has 0 aliphatic rings. The molecule has 7 heteroatoms. The molecular weight excluding hydrogens is 268 g/mol. The summed E-state index contributed by atoms with van der Waals surface area (Å²) >= 11 is 0.891. The molecule has 1 aromatic heterocycles. The Bertz CT molecular complexity index is 553. The molecule has 0 aliphatic carbocycles. The highest BCUT2D eigenvalue weighted by molar-refractivity contribution is 8.01. The van der Waals surface area contributed by atoms with Gasteiger partial charge >= 0.3 is 5.97 Å². The molecule has 0 radical (unpaired) electrons. The summed E-state index contributed by atoms with van der Waals surface area (Å²) in [5.41, 5.74) is 0.804. The quantitative estimate of drug-likeness (QED) is 0.375. The number of H-pyrrole nitrogens is 1. The van der Waals surface area contributed by atoms with E-state index in [4.69, 9.17) is 4.74 Å². The summed E-state index contributed by atoms with van der Waals surface area (Å²) < 4.78 is 4.82. The maximum atomic E-state index is 11.6. The van der Waals surface area contributed by atoms with Crippen LogP contribution in [0.3, 0.4) is 0 Å². The van der Waals surface area contributed by atoms with Gasteiger partial charge in [0, 0.05) is 11.3 Å². The number of nitrogens with one attached hydrogen (secondary N) is 1. The number of esters is 1. The van der Waals surface area contributed by atoms with Crippen LogP contribution in [0.25, 0.3) is 0 Å². The fourth-order valence-corrected chi connectivity index (χ4v) is 2.20. The van der Waals surface area contributed by atoms with Crippen molar-refractivity contribution in [1.29, 1.82) is 0 Å². The molecule has 104 valence electrons. The van der Waals surface area contributed by atoms with E-state index in [0.717, 1.165) is 11.8 Å². The number of ether oxygens (including phenoxy) is 1. The molecule has 0 unspecified atom stereocenters. The van der Waals surface area contributed by atoms with E-state index in [9.17, 15) is 14.4 Å². The fraction of sp³-hybridized carbons (Fsp3) is 0.500. The van der Waals surface area contributed by atoms with Crippen molar-refractivity contribution in [1.82, 2.24) is 9.97 Å². The minimum atomic E-state index is -1.01. The van der Waals surface area contributed by atoms with Crippen LogP contribution >= 0.6 is 11.8 Å². The molecule has 1 heterocycles. The number of carbonyl (C=O) groups excluding carboxylic acids is 2. The molecule has 0 fully saturated rings. The molecule has 1 N–H and O–H groups in total. The van der Waals surface area contributed by atoms with Crippen molar-refractivity contribution in [2.75, 3.05) is 6.61 Å². The van der Waals surface area contributed by atoms with Gasteiger partial charge in [-0.1, -0.05) is 11.8 Å². The Balaban J connectivity index is 3.01. The highest BCUT2D eigenvalue weighted by Gasteiger charge is 2.27. The first kappa shape index (κ1) is 15.4. The number of aromatic amines is 1. The van der Waals surface area contributed by atoms with E-state index >= 15 is 0 Å². The van der Waals surface area contributed by atoms with E-state index < -0.39 is 11.2 Å². The molecule has 0 aromatic carbocycles. The Morgan fingerprint density at radius 1 is 1.42 bits per heavy atom. The van der Waals surface area contributed by atoms with Gasteiger partial charge in [-0.3, -0.25) is 14.4 Å². The molecule has 19 heavy (non-hydrogen) atoms. The Morgan fingerprint density at radius 2 is 2.05 bits per heavy atom. The van der Waals surface area contributed by atoms with Crippen molar-refractivity contribution in [3.8, 4) is 0 Å². The van der Waals surface area contributed by atoms with Crippen molar-refractivity contribution < 1.29 is 14.3 Å². The van der Waals surface area contributed by atoms with Crippen LogP contribution < -0.4 is 5.56 Å². The molecule has 6 nitrogen and oxygen atoms in total. The average Bonchev–Trinajstić information content (AvgIpc) is 2.32. The molecule has 0 saturated carbocycles. The van der Waals surface area contributed by atoms with Crippen LogP contribution in [0.4, 0.5) is 0 Å². The van der Waals surface area contributed by atoms with Gasteiger partial charge in [-0.05, 0) is 27.7 Å². The topological polar surface area (TPSA) is 89.1 Å². The summed E-state index contributed by atoms with van der Waals surface area (Å²) in [5, 5.41) is -0.772. The van der Waals surface area contributed by atoms with Crippen LogP contribution in [0.5, 0.6) is 0 Å². The van der Waals surface area contributed by atoms with Crippen molar-refractivity contribution in [3.05, 3.63) is 21.6 Å². The van der Waals surface area contributed by atoms with Crippen LogP contribution in [0.1, 0.15) is 25.1 Å². The first-order valence-corrected chi connectivity index (χ1v) is 6.66. The average molecular weight is 284 g/mol.